The van der Waals surface area contributed by atoms with Crippen molar-refractivity contribution in [1.82, 2.24) is 25.2 Å². The zero-order valence-corrected chi connectivity index (χ0v) is 16.2. The first-order valence-electron chi connectivity index (χ1n) is 9.87. The van der Waals surface area contributed by atoms with Crippen LogP contribution in [0.2, 0.25) is 0 Å². The number of aromatic nitrogens is 3. The second kappa shape index (κ2) is 8.39. The molecule has 0 bridgehead atoms. The number of carbonyl (C=O) groups excluding carboxylic acids is 1. The van der Waals surface area contributed by atoms with E-state index < -0.39 is 0 Å². The Morgan fingerprint density at radius 2 is 1.89 bits per heavy atom. The Kier molecular flexibility index (Phi) is 5.53. The molecule has 2 aromatic heterocycles. The Balaban J connectivity index is 1.30. The van der Waals surface area contributed by atoms with Crippen LogP contribution in [-0.2, 0) is 6.42 Å². The van der Waals surface area contributed by atoms with Crippen molar-refractivity contribution < 1.29 is 4.79 Å². The molecule has 7 nitrogen and oxygen atoms in total. The van der Waals surface area contributed by atoms with Gasteiger partial charge >= 0.3 is 0 Å². The van der Waals surface area contributed by atoms with Crippen molar-refractivity contribution in [3.63, 3.8) is 0 Å². The van der Waals surface area contributed by atoms with Crippen LogP contribution >= 0.6 is 0 Å². The fraction of sp³-hybridized carbons (Fsp3) is 0.381. The van der Waals surface area contributed by atoms with Crippen LogP contribution in [0.15, 0.2) is 42.9 Å². The van der Waals surface area contributed by atoms with Gasteiger partial charge in [0.1, 0.15) is 0 Å². The van der Waals surface area contributed by atoms with Gasteiger partial charge < -0.3 is 20.1 Å². The molecule has 0 aliphatic carbocycles. The number of aromatic amines is 1. The Morgan fingerprint density at radius 3 is 2.64 bits per heavy atom. The molecule has 1 saturated heterocycles. The minimum Gasteiger partial charge on any atom is -0.361 e. The number of H-pyrrole nitrogens is 1. The third kappa shape index (κ3) is 3.99. The van der Waals surface area contributed by atoms with E-state index in [9.17, 15) is 4.79 Å². The number of carbonyl (C=O) groups is 1. The summed E-state index contributed by atoms with van der Waals surface area (Å²) in [6.07, 6.45) is 6.02. The van der Waals surface area contributed by atoms with Gasteiger partial charge in [-0.25, -0.2) is 9.97 Å². The molecule has 1 fully saturated rings. The van der Waals surface area contributed by atoms with Gasteiger partial charge in [0, 0.05) is 62.2 Å². The van der Waals surface area contributed by atoms with E-state index in [-0.39, 0.29) is 5.91 Å². The van der Waals surface area contributed by atoms with E-state index in [1.54, 1.807) is 12.4 Å². The molecular weight excluding hydrogens is 352 g/mol. The highest BCUT2D eigenvalue weighted by Crippen LogP contribution is 2.17. The summed E-state index contributed by atoms with van der Waals surface area (Å²) in [5, 5.41) is 4.16. The van der Waals surface area contributed by atoms with Crippen LogP contribution in [0, 0.1) is 0 Å². The maximum atomic E-state index is 12.4. The van der Waals surface area contributed by atoms with Crippen molar-refractivity contribution >= 4 is 22.8 Å². The Bertz CT molecular complexity index is 927. The van der Waals surface area contributed by atoms with E-state index in [1.165, 1.54) is 10.9 Å². The van der Waals surface area contributed by atoms with Crippen molar-refractivity contribution in [1.29, 1.82) is 0 Å². The van der Waals surface area contributed by atoms with Crippen molar-refractivity contribution in [2.24, 2.45) is 0 Å². The van der Waals surface area contributed by atoms with Gasteiger partial charge in [-0.2, -0.15) is 0 Å². The first-order valence-corrected chi connectivity index (χ1v) is 9.87. The van der Waals surface area contributed by atoms with E-state index >= 15 is 0 Å². The second-order valence-electron chi connectivity index (χ2n) is 7.06. The van der Waals surface area contributed by atoms with Gasteiger partial charge in [-0.1, -0.05) is 25.1 Å². The molecule has 0 saturated carbocycles. The number of fused-ring (bicyclic) bond motifs is 1. The molecule has 7 heteroatoms. The molecule has 1 aromatic carbocycles. The molecule has 0 atom stereocenters. The Hall–Kier alpha value is -2.93. The lowest BCUT2D eigenvalue weighted by atomic mass is 10.1. The summed E-state index contributed by atoms with van der Waals surface area (Å²) in [4.78, 5) is 29.0. The van der Waals surface area contributed by atoms with Crippen LogP contribution < -0.4 is 10.2 Å². The first kappa shape index (κ1) is 18.4. The van der Waals surface area contributed by atoms with Gasteiger partial charge in [0.2, 0.25) is 5.95 Å². The average molecular weight is 378 g/mol. The largest absolute Gasteiger partial charge is 0.361 e. The maximum Gasteiger partial charge on any atom is 0.254 e. The van der Waals surface area contributed by atoms with Gasteiger partial charge in [0.15, 0.2) is 0 Å². The number of likely N-dealkylation sites (N-methyl/N-ethyl adjacent to an activating group) is 1. The highest BCUT2D eigenvalue weighted by Gasteiger charge is 2.18. The molecule has 3 aromatic rings. The van der Waals surface area contributed by atoms with Crippen molar-refractivity contribution in [2.45, 2.75) is 13.3 Å². The number of nitrogens with zero attached hydrogens (tertiary/aromatic N) is 4. The molecule has 0 unspecified atom stereocenters. The molecule has 146 valence electrons. The number of rotatable bonds is 6. The summed E-state index contributed by atoms with van der Waals surface area (Å²) in [6, 6.07) is 8.19. The monoisotopic (exact) mass is 378 g/mol. The number of para-hydroxylation sites is 1. The minimum atomic E-state index is -0.137. The lowest BCUT2D eigenvalue weighted by Gasteiger charge is -2.33. The number of benzene rings is 1. The van der Waals surface area contributed by atoms with E-state index in [2.05, 4.69) is 49.1 Å². The van der Waals surface area contributed by atoms with E-state index in [1.807, 2.05) is 18.3 Å². The zero-order chi connectivity index (χ0) is 19.3. The number of hydrogen-bond donors (Lipinski definition) is 2. The van der Waals surface area contributed by atoms with E-state index in [0.29, 0.717) is 18.1 Å². The smallest absolute Gasteiger partial charge is 0.254 e. The van der Waals surface area contributed by atoms with Crippen LogP contribution in [0.25, 0.3) is 10.9 Å². The molecular formula is C21H26N6O. The molecule has 0 spiro atoms. The van der Waals surface area contributed by atoms with E-state index in [0.717, 1.165) is 44.7 Å². The van der Waals surface area contributed by atoms with Gasteiger partial charge in [0.05, 0.1) is 5.56 Å². The number of hydrogen-bond acceptors (Lipinski definition) is 5. The summed E-state index contributed by atoms with van der Waals surface area (Å²) >= 11 is 0. The van der Waals surface area contributed by atoms with Crippen LogP contribution in [0.3, 0.4) is 0 Å². The SMILES string of the molecule is CCN1CCN(c2ncc(C(=O)NCCc3c[nH]c4ccccc34)cn2)CC1. The highest BCUT2D eigenvalue weighted by molar-refractivity contribution is 5.93. The summed E-state index contributed by atoms with van der Waals surface area (Å²) in [7, 11) is 0. The topological polar surface area (TPSA) is 77.1 Å². The fourth-order valence-electron chi connectivity index (χ4n) is 3.62. The summed E-state index contributed by atoms with van der Waals surface area (Å²) in [5.41, 5.74) is 2.82. The average Bonchev–Trinajstić information content (AvgIpc) is 3.17. The van der Waals surface area contributed by atoms with Gasteiger partial charge in [-0.3, -0.25) is 4.79 Å². The molecule has 3 heterocycles. The minimum absolute atomic E-state index is 0.137. The fourth-order valence-corrected chi connectivity index (χ4v) is 3.62. The summed E-state index contributed by atoms with van der Waals surface area (Å²) in [5.74, 6) is 0.563. The van der Waals surface area contributed by atoms with Crippen LogP contribution in [-0.4, -0.2) is 65.0 Å². The number of nitrogens with one attached hydrogen (secondary N) is 2. The van der Waals surface area contributed by atoms with Crippen molar-refractivity contribution in [2.75, 3.05) is 44.2 Å². The predicted molar refractivity (Wildman–Crippen MR) is 111 cm³/mol. The summed E-state index contributed by atoms with van der Waals surface area (Å²) < 4.78 is 0. The molecule has 28 heavy (non-hydrogen) atoms. The third-order valence-electron chi connectivity index (χ3n) is 5.36. The number of anilines is 1. The highest BCUT2D eigenvalue weighted by atomic mass is 16.1. The lowest BCUT2D eigenvalue weighted by Crippen LogP contribution is -2.46. The zero-order valence-electron chi connectivity index (χ0n) is 16.2. The number of piperazine rings is 1. The molecule has 1 aliphatic heterocycles. The van der Waals surface area contributed by atoms with Gasteiger partial charge in [0.25, 0.3) is 5.91 Å². The summed E-state index contributed by atoms with van der Waals surface area (Å²) in [6.45, 7) is 7.71. The van der Waals surface area contributed by atoms with Crippen molar-refractivity contribution in [3.8, 4) is 0 Å². The molecule has 4 rings (SSSR count). The molecule has 1 aliphatic rings. The number of amides is 1. The quantitative estimate of drug-likeness (QED) is 0.687. The van der Waals surface area contributed by atoms with Crippen LogP contribution in [0.1, 0.15) is 22.8 Å². The molecule has 0 radical (unpaired) electrons. The standard InChI is InChI=1S/C21H26N6O/c1-2-26-9-11-27(12-10-26)21-24-14-17(15-25-21)20(28)22-8-7-16-13-23-19-6-4-3-5-18(16)19/h3-6,13-15,23H,2,7-12H2,1H3,(H,22,28). The molecule has 1 amide bonds. The van der Waals surface area contributed by atoms with Crippen molar-refractivity contribution in [3.05, 3.63) is 54.0 Å². The third-order valence-corrected chi connectivity index (χ3v) is 5.36. The van der Waals surface area contributed by atoms with Crippen LogP contribution in [0.4, 0.5) is 5.95 Å². The lowest BCUT2D eigenvalue weighted by molar-refractivity contribution is 0.0953. The van der Waals surface area contributed by atoms with Gasteiger partial charge in [-0.05, 0) is 24.6 Å². The predicted octanol–water partition coefficient (Wildman–Crippen LogP) is 2.07. The van der Waals surface area contributed by atoms with E-state index in [4.69, 9.17) is 0 Å². The Labute approximate surface area is 164 Å². The maximum absolute atomic E-state index is 12.4. The molecule has 2 N–H and O–H groups in total. The van der Waals surface area contributed by atoms with Gasteiger partial charge in [-0.15, -0.1) is 0 Å². The first-order chi connectivity index (χ1) is 13.7. The van der Waals surface area contributed by atoms with Crippen LogP contribution in [0.5, 0.6) is 0 Å². The Morgan fingerprint density at radius 1 is 1.14 bits per heavy atom. The normalized spacial score (nSPS) is 15.1. The second-order valence-corrected chi connectivity index (χ2v) is 7.06.